The van der Waals surface area contributed by atoms with Gasteiger partial charge in [-0.05, 0) is 30.2 Å². The number of nitrogens with two attached hydrogens (primary N) is 1. The molecule has 4 nitrogen and oxygen atoms in total. The van der Waals surface area contributed by atoms with E-state index in [1.165, 1.54) is 6.07 Å². The van der Waals surface area contributed by atoms with Crippen molar-refractivity contribution in [2.24, 2.45) is 15.7 Å². The maximum absolute atomic E-state index is 13.3. The van der Waals surface area contributed by atoms with Crippen LogP contribution in [0.4, 0.5) is 4.39 Å². The fourth-order valence-corrected chi connectivity index (χ4v) is 2.58. The molecule has 0 saturated carbocycles. The summed E-state index contributed by atoms with van der Waals surface area (Å²) in [5.41, 5.74) is 9.48. The summed E-state index contributed by atoms with van der Waals surface area (Å²) >= 11 is 5.85. The molecule has 0 aromatic heterocycles. The number of benzene rings is 1. The lowest BCUT2D eigenvalue weighted by Crippen LogP contribution is -2.35. The average molecular weight is 305 g/mol. The number of allylic oxidation sites excluding steroid dienone is 1. The Kier molecular flexibility index (Phi) is 3.51. The Morgan fingerprint density at radius 3 is 3.00 bits per heavy atom. The van der Waals surface area contributed by atoms with Crippen LogP contribution in [0.25, 0.3) is 5.57 Å². The van der Waals surface area contributed by atoms with Crippen LogP contribution in [-0.4, -0.2) is 18.2 Å². The molecule has 108 valence electrons. The van der Waals surface area contributed by atoms with Crippen molar-refractivity contribution in [3.8, 4) is 0 Å². The molecule has 2 heterocycles. The second-order valence-corrected chi connectivity index (χ2v) is 5.37. The van der Waals surface area contributed by atoms with Crippen molar-refractivity contribution in [3.05, 3.63) is 52.1 Å². The molecule has 2 aliphatic rings. The Morgan fingerprint density at radius 2 is 2.24 bits per heavy atom. The normalized spacial score (nSPS) is 21.2. The Balaban J connectivity index is 1.97. The standard InChI is InChI=1S/C15H14ClFN4/c1-8-20-14-5-10(6-19-7-11(14)15(18)21-8)9-2-3-13(17)12(16)4-9/h2-4,6-8,20H,5H2,1H3,(H2,18,21). The third-order valence-corrected chi connectivity index (χ3v) is 3.70. The second kappa shape index (κ2) is 5.33. The first-order valence-electron chi connectivity index (χ1n) is 6.55. The van der Waals surface area contributed by atoms with Gasteiger partial charge in [0.1, 0.15) is 17.8 Å². The molecule has 3 N–H and O–H groups in total. The molecule has 6 heteroatoms. The molecular formula is C15H14ClFN4. The number of aliphatic imine (C=N–C) groups is 2. The highest BCUT2D eigenvalue weighted by Crippen LogP contribution is 2.29. The van der Waals surface area contributed by atoms with Crippen LogP contribution in [0, 0.1) is 5.82 Å². The van der Waals surface area contributed by atoms with Gasteiger partial charge in [-0.3, -0.25) is 4.99 Å². The molecule has 3 rings (SSSR count). The van der Waals surface area contributed by atoms with Gasteiger partial charge in [-0.25, -0.2) is 9.38 Å². The third-order valence-electron chi connectivity index (χ3n) is 3.41. The molecule has 1 unspecified atom stereocenters. The zero-order chi connectivity index (χ0) is 15.0. The van der Waals surface area contributed by atoms with Crippen molar-refractivity contribution in [2.75, 3.05) is 0 Å². The molecule has 21 heavy (non-hydrogen) atoms. The first-order chi connectivity index (χ1) is 10.0. The second-order valence-electron chi connectivity index (χ2n) is 4.97. The van der Waals surface area contributed by atoms with E-state index in [4.69, 9.17) is 17.3 Å². The van der Waals surface area contributed by atoms with E-state index in [-0.39, 0.29) is 11.2 Å². The van der Waals surface area contributed by atoms with Crippen LogP contribution >= 0.6 is 11.6 Å². The van der Waals surface area contributed by atoms with Crippen LogP contribution in [0.15, 0.2) is 45.7 Å². The summed E-state index contributed by atoms with van der Waals surface area (Å²) in [5.74, 6) is 0.0469. The number of rotatable bonds is 1. The van der Waals surface area contributed by atoms with Gasteiger partial charge in [0.2, 0.25) is 0 Å². The Bertz CT molecular complexity index is 718. The van der Waals surface area contributed by atoms with Crippen LogP contribution in [0.2, 0.25) is 5.02 Å². The summed E-state index contributed by atoms with van der Waals surface area (Å²) in [4.78, 5) is 8.53. The predicted molar refractivity (Wildman–Crippen MR) is 83.7 cm³/mol. The van der Waals surface area contributed by atoms with Crippen molar-refractivity contribution < 1.29 is 4.39 Å². The molecule has 1 atom stereocenters. The van der Waals surface area contributed by atoms with Crippen LogP contribution in [0.3, 0.4) is 0 Å². The minimum atomic E-state index is -0.432. The van der Waals surface area contributed by atoms with Crippen molar-refractivity contribution in [2.45, 2.75) is 19.5 Å². The number of nitrogens with zero attached hydrogens (tertiary/aromatic N) is 2. The maximum atomic E-state index is 13.3. The van der Waals surface area contributed by atoms with Gasteiger partial charge in [0.05, 0.1) is 10.6 Å². The summed E-state index contributed by atoms with van der Waals surface area (Å²) in [6.45, 7) is 1.93. The van der Waals surface area contributed by atoms with E-state index in [2.05, 4.69) is 15.3 Å². The minimum absolute atomic E-state index is 0.0756. The Labute approximate surface area is 126 Å². The smallest absolute Gasteiger partial charge is 0.141 e. The highest BCUT2D eigenvalue weighted by atomic mass is 35.5. The van der Waals surface area contributed by atoms with Crippen LogP contribution in [0.1, 0.15) is 18.9 Å². The first-order valence-corrected chi connectivity index (χ1v) is 6.93. The lowest BCUT2D eigenvalue weighted by Gasteiger charge is -2.23. The first kappa shape index (κ1) is 13.8. The van der Waals surface area contributed by atoms with Crippen molar-refractivity contribution in [1.82, 2.24) is 5.32 Å². The van der Waals surface area contributed by atoms with Gasteiger partial charge in [0.25, 0.3) is 0 Å². The topological polar surface area (TPSA) is 62.8 Å². The highest BCUT2D eigenvalue weighted by Gasteiger charge is 2.20. The number of halogens is 2. The fourth-order valence-electron chi connectivity index (χ4n) is 2.40. The Morgan fingerprint density at radius 1 is 1.43 bits per heavy atom. The number of hydrogen-bond donors (Lipinski definition) is 2. The molecule has 0 saturated heterocycles. The van der Waals surface area contributed by atoms with E-state index in [1.54, 1.807) is 24.5 Å². The largest absolute Gasteiger partial charge is 0.383 e. The van der Waals surface area contributed by atoms with E-state index >= 15 is 0 Å². The van der Waals surface area contributed by atoms with Crippen LogP contribution < -0.4 is 11.1 Å². The van der Waals surface area contributed by atoms with Gasteiger partial charge in [-0.1, -0.05) is 17.7 Å². The van der Waals surface area contributed by atoms with E-state index < -0.39 is 5.82 Å². The molecule has 0 spiro atoms. The van der Waals surface area contributed by atoms with Gasteiger partial charge in [-0.2, -0.15) is 0 Å². The maximum Gasteiger partial charge on any atom is 0.141 e. The molecular weight excluding hydrogens is 291 g/mol. The van der Waals surface area contributed by atoms with Crippen molar-refractivity contribution in [1.29, 1.82) is 0 Å². The zero-order valence-corrected chi connectivity index (χ0v) is 12.2. The molecule has 2 aliphatic heterocycles. The molecule has 1 aromatic rings. The number of hydrogen-bond acceptors (Lipinski definition) is 4. The summed E-state index contributed by atoms with van der Waals surface area (Å²) in [6.07, 6.45) is 3.96. The van der Waals surface area contributed by atoms with E-state index in [0.717, 1.165) is 22.4 Å². The third kappa shape index (κ3) is 2.69. The van der Waals surface area contributed by atoms with E-state index in [0.29, 0.717) is 12.3 Å². The van der Waals surface area contributed by atoms with Gasteiger partial charge >= 0.3 is 0 Å². The van der Waals surface area contributed by atoms with Gasteiger partial charge < -0.3 is 11.1 Å². The van der Waals surface area contributed by atoms with Gasteiger partial charge in [0, 0.05) is 24.5 Å². The minimum Gasteiger partial charge on any atom is -0.383 e. The lowest BCUT2D eigenvalue weighted by atomic mass is 9.99. The highest BCUT2D eigenvalue weighted by molar-refractivity contribution is 6.30. The molecule has 1 aromatic carbocycles. The molecule has 0 bridgehead atoms. The van der Waals surface area contributed by atoms with Gasteiger partial charge in [-0.15, -0.1) is 0 Å². The van der Waals surface area contributed by atoms with Crippen molar-refractivity contribution >= 4 is 29.2 Å². The van der Waals surface area contributed by atoms with Crippen LogP contribution in [0.5, 0.6) is 0 Å². The average Bonchev–Trinajstić information content (AvgIpc) is 2.64. The zero-order valence-electron chi connectivity index (χ0n) is 11.4. The SMILES string of the molecule is CC1N=C(N)C2=C(CC(c3ccc(F)c(Cl)c3)=CN=C2)N1. The summed E-state index contributed by atoms with van der Waals surface area (Å²) in [6, 6.07) is 4.65. The molecule has 0 fully saturated rings. The number of nitrogens with one attached hydrogen (secondary N) is 1. The van der Waals surface area contributed by atoms with E-state index in [9.17, 15) is 4.39 Å². The quantitative estimate of drug-likeness (QED) is 0.838. The summed E-state index contributed by atoms with van der Waals surface area (Å²) in [7, 11) is 0. The molecule has 0 amide bonds. The monoisotopic (exact) mass is 304 g/mol. The Hall–Kier alpha value is -2.14. The number of amidine groups is 1. The lowest BCUT2D eigenvalue weighted by molar-refractivity contribution is 0.623. The predicted octanol–water partition coefficient (Wildman–Crippen LogP) is 2.86. The molecule has 0 aliphatic carbocycles. The summed E-state index contributed by atoms with van der Waals surface area (Å²) in [5, 5.41) is 3.39. The van der Waals surface area contributed by atoms with Crippen molar-refractivity contribution in [3.63, 3.8) is 0 Å². The van der Waals surface area contributed by atoms with Gasteiger partial charge in [0.15, 0.2) is 0 Å². The van der Waals surface area contributed by atoms with Crippen LogP contribution in [-0.2, 0) is 0 Å². The van der Waals surface area contributed by atoms with E-state index in [1.807, 2.05) is 6.92 Å². The summed E-state index contributed by atoms with van der Waals surface area (Å²) < 4.78 is 13.3. The fraction of sp³-hybridized carbons (Fsp3) is 0.200. The molecule has 0 radical (unpaired) electrons.